The average Bonchev–Trinajstić information content (AvgIpc) is 2.91. The zero-order chi connectivity index (χ0) is 21.4. The Bertz CT molecular complexity index is 878. The van der Waals surface area contributed by atoms with E-state index >= 15 is 0 Å². The molecule has 2 aromatic carbocycles. The fourth-order valence-corrected chi connectivity index (χ4v) is 3.51. The predicted octanol–water partition coefficient (Wildman–Crippen LogP) is 3.14. The van der Waals surface area contributed by atoms with Crippen molar-refractivity contribution in [1.29, 1.82) is 0 Å². The van der Waals surface area contributed by atoms with E-state index in [1.807, 2.05) is 82.3 Å². The van der Waals surface area contributed by atoms with Crippen molar-refractivity contribution in [2.24, 2.45) is 0 Å². The van der Waals surface area contributed by atoms with Crippen LogP contribution < -0.4 is 10.8 Å². The third-order valence-electron chi connectivity index (χ3n) is 6.24. The van der Waals surface area contributed by atoms with E-state index < -0.39 is 18.8 Å². The number of alkyl carbamates (subject to hydrolysis) is 1. The van der Waals surface area contributed by atoms with Crippen LogP contribution in [0.1, 0.15) is 38.8 Å². The second-order valence-electron chi connectivity index (χ2n) is 8.97. The minimum Gasteiger partial charge on any atom is -0.445 e. The molecule has 0 unspecified atom stereocenters. The molecule has 0 radical (unpaired) electrons. The van der Waals surface area contributed by atoms with Gasteiger partial charge in [-0.1, -0.05) is 54.6 Å². The van der Waals surface area contributed by atoms with Gasteiger partial charge >= 0.3 is 13.2 Å². The SMILES string of the molecule is CC1(C)OB(c2ccc(C3(NC(=O)OCc4ccccc4)COC3)cc2)OC1(C)C. The van der Waals surface area contributed by atoms with Crippen molar-refractivity contribution >= 4 is 18.7 Å². The number of carbonyl (C=O) groups excluding carboxylic acids is 1. The number of amides is 1. The maximum Gasteiger partial charge on any atom is 0.494 e. The minimum atomic E-state index is -0.581. The van der Waals surface area contributed by atoms with E-state index in [0.29, 0.717) is 13.2 Å². The summed E-state index contributed by atoms with van der Waals surface area (Å²) >= 11 is 0. The Balaban J connectivity index is 1.41. The second kappa shape index (κ2) is 7.73. The lowest BCUT2D eigenvalue weighted by Crippen LogP contribution is -2.59. The Kier molecular flexibility index (Phi) is 5.38. The second-order valence-corrected chi connectivity index (χ2v) is 8.97. The molecule has 30 heavy (non-hydrogen) atoms. The Hall–Kier alpha value is -2.35. The van der Waals surface area contributed by atoms with Crippen molar-refractivity contribution in [2.45, 2.75) is 51.0 Å². The molecule has 0 atom stereocenters. The monoisotopic (exact) mass is 409 g/mol. The molecular formula is C23H28BNO5. The van der Waals surface area contributed by atoms with Gasteiger partial charge in [-0.25, -0.2) is 4.79 Å². The predicted molar refractivity (Wildman–Crippen MR) is 114 cm³/mol. The summed E-state index contributed by atoms with van der Waals surface area (Å²) in [4.78, 5) is 12.4. The van der Waals surface area contributed by atoms with Crippen LogP contribution in [0.15, 0.2) is 54.6 Å². The van der Waals surface area contributed by atoms with Crippen molar-refractivity contribution in [3.05, 3.63) is 65.7 Å². The lowest BCUT2D eigenvalue weighted by atomic mass is 9.77. The highest BCUT2D eigenvalue weighted by Gasteiger charge is 2.52. The topological polar surface area (TPSA) is 66.0 Å². The molecule has 6 nitrogen and oxygen atoms in total. The van der Waals surface area contributed by atoms with Gasteiger partial charge < -0.3 is 24.1 Å². The van der Waals surface area contributed by atoms with Crippen LogP contribution >= 0.6 is 0 Å². The molecule has 0 bridgehead atoms. The van der Waals surface area contributed by atoms with E-state index in [4.69, 9.17) is 18.8 Å². The van der Waals surface area contributed by atoms with Crippen LogP contribution in [0.5, 0.6) is 0 Å². The fourth-order valence-electron chi connectivity index (χ4n) is 3.51. The summed E-state index contributed by atoms with van der Waals surface area (Å²) in [6.07, 6.45) is -0.461. The summed E-state index contributed by atoms with van der Waals surface area (Å²) in [7, 11) is -0.415. The molecule has 4 rings (SSSR count). The van der Waals surface area contributed by atoms with Gasteiger partial charge in [0, 0.05) is 0 Å². The molecule has 2 aromatic rings. The summed E-state index contributed by atoms with van der Waals surface area (Å²) < 4.78 is 23.0. The number of hydrogen-bond donors (Lipinski definition) is 1. The smallest absolute Gasteiger partial charge is 0.445 e. The first-order valence-electron chi connectivity index (χ1n) is 10.2. The van der Waals surface area contributed by atoms with Gasteiger partial charge in [-0.2, -0.15) is 0 Å². The Morgan fingerprint density at radius 3 is 2.10 bits per heavy atom. The lowest BCUT2D eigenvalue weighted by molar-refractivity contribution is -0.0762. The Morgan fingerprint density at radius 2 is 1.57 bits per heavy atom. The zero-order valence-electron chi connectivity index (χ0n) is 17.9. The molecule has 158 valence electrons. The van der Waals surface area contributed by atoms with Crippen molar-refractivity contribution < 1.29 is 23.6 Å². The van der Waals surface area contributed by atoms with Crippen LogP contribution in [0, 0.1) is 0 Å². The molecule has 2 aliphatic rings. The third kappa shape index (κ3) is 3.97. The minimum absolute atomic E-state index is 0.227. The molecule has 0 spiro atoms. The van der Waals surface area contributed by atoms with Crippen LogP contribution in [0.25, 0.3) is 0 Å². The molecule has 2 saturated heterocycles. The van der Waals surface area contributed by atoms with Crippen LogP contribution in [-0.2, 0) is 30.9 Å². The number of carbonyl (C=O) groups is 1. The molecule has 0 saturated carbocycles. The quantitative estimate of drug-likeness (QED) is 0.769. The molecule has 0 aliphatic carbocycles. The highest BCUT2D eigenvalue weighted by molar-refractivity contribution is 6.62. The highest BCUT2D eigenvalue weighted by Crippen LogP contribution is 2.36. The highest BCUT2D eigenvalue weighted by atomic mass is 16.7. The lowest BCUT2D eigenvalue weighted by Gasteiger charge is -2.42. The van der Waals surface area contributed by atoms with E-state index in [-0.39, 0.29) is 17.8 Å². The number of hydrogen-bond acceptors (Lipinski definition) is 5. The molecule has 7 heteroatoms. The number of benzene rings is 2. The van der Waals surface area contributed by atoms with Gasteiger partial charge in [-0.3, -0.25) is 0 Å². The van der Waals surface area contributed by atoms with Gasteiger partial charge in [0.2, 0.25) is 0 Å². The van der Waals surface area contributed by atoms with Crippen molar-refractivity contribution in [3.8, 4) is 0 Å². The number of nitrogens with one attached hydrogen (secondary N) is 1. The molecule has 2 heterocycles. The standard InChI is InChI=1S/C23H28BNO5/c1-21(2)22(3,4)30-24(29-21)19-12-10-18(11-13-19)23(15-27-16-23)25-20(26)28-14-17-8-6-5-7-9-17/h5-13H,14-16H2,1-4H3,(H,25,26). The van der Waals surface area contributed by atoms with Gasteiger partial charge in [0.25, 0.3) is 0 Å². The van der Waals surface area contributed by atoms with Crippen LogP contribution in [0.3, 0.4) is 0 Å². The first-order valence-corrected chi connectivity index (χ1v) is 10.2. The van der Waals surface area contributed by atoms with Gasteiger partial charge in [-0.05, 0) is 44.3 Å². The van der Waals surface area contributed by atoms with Gasteiger partial charge in [-0.15, -0.1) is 0 Å². The first kappa shape index (κ1) is 20.9. The molecule has 2 aliphatic heterocycles. The van der Waals surface area contributed by atoms with Gasteiger partial charge in [0.15, 0.2) is 0 Å². The van der Waals surface area contributed by atoms with Crippen LogP contribution in [0.4, 0.5) is 4.79 Å². The Morgan fingerprint density at radius 1 is 0.967 bits per heavy atom. The normalized spacial score (nSPS) is 21.0. The zero-order valence-corrected chi connectivity index (χ0v) is 17.9. The maximum absolute atomic E-state index is 12.4. The summed E-state index contributed by atoms with van der Waals surface area (Å²) in [5.74, 6) is 0. The molecule has 1 N–H and O–H groups in total. The van der Waals surface area contributed by atoms with Crippen molar-refractivity contribution in [1.82, 2.24) is 5.32 Å². The molecule has 2 fully saturated rings. The fraction of sp³-hybridized carbons (Fsp3) is 0.435. The van der Waals surface area contributed by atoms with E-state index in [1.54, 1.807) is 0 Å². The van der Waals surface area contributed by atoms with E-state index in [1.165, 1.54) is 0 Å². The number of ether oxygens (including phenoxy) is 2. The largest absolute Gasteiger partial charge is 0.494 e. The first-order chi connectivity index (χ1) is 14.2. The van der Waals surface area contributed by atoms with Crippen LogP contribution in [0.2, 0.25) is 0 Å². The summed E-state index contributed by atoms with van der Waals surface area (Å²) in [5.41, 5.74) is 1.50. The van der Waals surface area contributed by atoms with E-state index in [2.05, 4.69) is 5.32 Å². The van der Waals surface area contributed by atoms with Gasteiger partial charge in [0.1, 0.15) is 12.1 Å². The third-order valence-corrected chi connectivity index (χ3v) is 6.24. The van der Waals surface area contributed by atoms with Crippen LogP contribution in [-0.4, -0.2) is 37.6 Å². The number of rotatable bonds is 5. The van der Waals surface area contributed by atoms with Gasteiger partial charge in [0.05, 0.1) is 24.4 Å². The average molecular weight is 409 g/mol. The van der Waals surface area contributed by atoms with Crippen molar-refractivity contribution in [3.63, 3.8) is 0 Å². The van der Waals surface area contributed by atoms with E-state index in [9.17, 15) is 4.79 Å². The summed E-state index contributed by atoms with van der Waals surface area (Å²) in [5, 5.41) is 2.98. The summed E-state index contributed by atoms with van der Waals surface area (Å²) in [6, 6.07) is 17.5. The summed E-state index contributed by atoms with van der Waals surface area (Å²) in [6.45, 7) is 9.18. The molecule has 0 aromatic heterocycles. The molecular weight excluding hydrogens is 381 g/mol. The maximum atomic E-state index is 12.4. The Labute approximate surface area is 178 Å². The molecule has 1 amide bonds. The van der Waals surface area contributed by atoms with E-state index in [0.717, 1.165) is 16.6 Å². The van der Waals surface area contributed by atoms with Crippen molar-refractivity contribution in [2.75, 3.05) is 13.2 Å².